The fourth-order valence-electron chi connectivity index (χ4n) is 2.47. The lowest BCUT2D eigenvalue weighted by molar-refractivity contribution is -0.117. The molecule has 118 valence electrons. The zero-order chi connectivity index (χ0) is 14.5. The highest BCUT2D eigenvalue weighted by Gasteiger charge is 2.22. The lowest BCUT2D eigenvalue weighted by Gasteiger charge is -2.08. The molecule has 0 radical (unpaired) electrons. The molecule has 3 rings (SSSR count). The first kappa shape index (κ1) is 16.5. The van der Waals surface area contributed by atoms with Gasteiger partial charge < -0.3 is 10.6 Å². The van der Waals surface area contributed by atoms with Crippen LogP contribution in [0.25, 0.3) is 0 Å². The van der Waals surface area contributed by atoms with Gasteiger partial charge in [0.2, 0.25) is 5.91 Å². The molecule has 1 amide bonds. The normalized spacial score (nSPS) is 17.0. The number of amides is 1. The summed E-state index contributed by atoms with van der Waals surface area (Å²) in [5.41, 5.74) is 1.22. The Bertz CT molecular complexity index is 595. The molecule has 2 N–H and O–H groups in total. The van der Waals surface area contributed by atoms with Gasteiger partial charge in [-0.25, -0.2) is 0 Å². The highest BCUT2D eigenvalue weighted by atomic mass is 35.5. The smallest absolute Gasteiger partial charge is 0.242 e. The molecule has 7 heteroatoms. The maximum Gasteiger partial charge on any atom is 0.242 e. The molecule has 1 saturated heterocycles. The molecule has 22 heavy (non-hydrogen) atoms. The number of nitrogens with zero attached hydrogens (tertiary/aromatic N) is 3. The van der Waals surface area contributed by atoms with Gasteiger partial charge in [0.15, 0.2) is 5.82 Å². The number of anilines is 1. The number of rotatable bonds is 5. The van der Waals surface area contributed by atoms with E-state index in [1.807, 2.05) is 29.1 Å². The fraction of sp³-hybridized carbons (Fsp3) is 0.400. The molecule has 2 aromatic heterocycles. The second-order valence-electron chi connectivity index (χ2n) is 5.21. The van der Waals surface area contributed by atoms with Gasteiger partial charge in [-0.3, -0.25) is 14.5 Å². The van der Waals surface area contributed by atoms with Crippen LogP contribution >= 0.6 is 12.4 Å². The van der Waals surface area contributed by atoms with Gasteiger partial charge in [-0.15, -0.1) is 12.4 Å². The Balaban J connectivity index is 0.00000176. The molecule has 0 spiro atoms. The van der Waals surface area contributed by atoms with Gasteiger partial charge in [-0.2, -0.15) is 5.10 Å². The molecule has 1 fully saturated rings. The number of hydrogen-bond donors (Lipinski definition) is 2. The van der Waals surface area contributed by atoms with Crippen molar-refractivity contribution in [2.75, 3.05) is 11.9 Å². The lowest BCUT2D eigenvalue weighted by Crippen LogP contribution is -2.35. The Morgan fingerprint density at radius 1 is 1.36 bits per heavy atom. The molecular formula is C15H20ClN5O. The van der Waals surface area contributed by atoms with E-state index in [-0.39, 0.29) is 24.4 Å². The Morgan fingerprint density at radius 2 is 2.18 bits per heavy atom. The minimum atomic E-state index is -0.0769. The molecule has 2 aromatic rings. The van der Waals surface area contributed by atoms with Gasteiger partial charge in [0.25, 0.3) is 0 Å². The van der Waals surface area contributed by atoms with Gasteiger partial charge in [-0.05, 0) is 43.5 Å². The molecular weight excluding hydrogens is 302 g/mol. The monoisotopic (exact) mass is 321 g/mol. The Kier molecular flexibility index (Phi) is 5.91. The van der Waals surface area contributed by atoms with Crippen molar-refractivity contribution in [3.8, 4) is 0 Å². The summed E-state index contributed by atoms with van der Waals surface area (Å²) in [4.78, 5) is 16.0. The van der Waals surface area contributed by atoms with Crippen molar-refractivity contribution in [1.29, 1.82) is 0 Å². The van der Waals surface area contributed by atoms with Crippen LogP contribution in [0.2, 0.25) is 0 Å². The minimum absolute atomic E-state index is 0. The summed E-state index contributed by atoms with van der Waals surface area (Å²) in [5, 5.41) is 10.4. The number of carbonyl (C=O) groups excluding carboxylic acids is 1. The second-order valence-corrected chi connectivity index (χ2v) is 5.21. The zero-order valence-corrected chi connectivity index (χ0v) is 13.1. The van der Waals surface area contributed by atoms with Crippen molar-refractivity contribution < 1.29 is 4.79 Å². The number of pyridine rings is 1. The van der Waals surface area contributed by atoms with E-state index >= 15 is 0 Å². The van der Waals surface area contributed by atoms with E-state index in [0.29, 0.717) is 5.82 Å². The van der Waals surface area contributed by atoms with Crippen molar-refractivity contribution >= 4 is 24.1 Å². The average molecular weight is 322 g/mol. The number of aryl methyl sites for hydroxylation is 2. The summed E-state index contributed by atoms with van der Waals surface area (Å²) in [5.74, 6) is 0.621. The SMILES string of the molecule is Cl.O=C(Nc1ccn(CCc2ccncc2)n1)C1CCCN1. The number of halogens is 1. The molecule has 3 heterocycles. The first-order valence-electron chi connectivity index (χ1n) is 7.28. The first-order valence-corrected chi connectivity index (χ1v) is 7.28. The number of aromatic nitrogens is 3. The predicted octanol–water partition coefficient (Wildman–Crippen LogP) is 1.63. The Morgan fingerprint density at radius 3 is 2.91 bits per heavy atom. The van der Waals surface area contributed by atoms with Crippen LogP contribution in [0, 0.1) is 0 Å². The van der Waals surface area contributed by atoms with E-state index in [0.717, 1.165) is 32.4 Å². The van der Waals surface area contributed by atoms with Crippen molar-refractivity contribution in [3.63, 3.8) is 0 Å². The van der Waals surface area contributed by atoms with E-state index in [9.17, 15) is 4.79 Å². The number of nitrogens with one attached hydrogen (secondary N) is 2. The summed E-state index contributed by atoms with van der Waals surface area (Å²) in [6, 6.07) is 5.75. The third kappa shape index (κ3) is 4.29. The van der Waals surface area contributed by atoms with Crippen molar-refractivity contribution in [2.24, 2.45) is 0 Å². The Labute approximate surface area is 135 Å². The summed E-state index contributed by atoms with van der Waals surface area (Å²) in [7, 11) is 0. The predicted molar refractivity (Wildman–Crippen MR) is 87.1 cm³/mol. The highest BCUT2D eigenvalue weighted by molar-refractivity contribution is 5.94. The van der Waals surface area contributed by atoms with Gasteiger partial charge in [-0.1, -0.05) is 0 Å². The second kappa shape index (κ2) is 7.91. The van der Waals surface area contributed by atoms with E-state index in [2.05, 4.69) is 20.7 Å². The molecule has 0 saturated carbocycles. The molecule has 6 nitrogen and oxygen atoms in total. The highest BCUT2D eigenvalue weighted by Crippen LogP contribution is 2.09. The molecule has 1 atom stereocenters. The van der Waals surface area contributed by atoms with Gasteiger partial charge in [0.1, 0.15) is 0 Å². The van der Waals surface area contributed by atoms with Crippen molar-refractivity contribution in [3.05, 3.63) is 42.4 Å². The van der Waals surface area contributed by atoms with E-state index in [4.69, 9.17) is 0 Å². The van der Waals surface area contributed by atoms with Crippen molar-refractivity contribution in [1.82, 2.24) is 20.1 Å². The molecule has 0 aromatic carbocycles. The number of carbonyl (C=O) groups is 1. The minimum Gasteiger partial charge on any atom is -0.308 e. The van der Waals surface area contributed by atoms with Crippen LogP contribution in [0.4, 0.5) is 5.82 Å². The molecule has 1 aliphatic rings. The average Bonchev–Trinajstić information content (AvgIpc) is 3.18. The molecule has 1 unspecified atom stereocenters. The summed E-state index contributed by atoms with van der Waals surface area (Å²) in [6.45, 7) is 1.69. The summed E-state index contributed by atoms with van der Waals surface area (Å²) in [6.07, 6.45) is 8.31. The largest absolute Gasteiger partial charge is 0.308 e. The standard InChI is InChI=1S/C15H19N5O.ClH/c21-15(13-2-1-7-17-13)18-14-6-11-20(19-14)10-5-12-3-8-16-9-4-12;/h3-4,6,8-9,11,13,17H,1-2,5,7,10H2,(H,18,19,21);1H. The lowest BCUT2D eigenvalue weighted by atomic mass is 10.2. The van der Waals surface area contributed by atoms with Gasteiger partial charge in [0.05, 0.1) is 6.04 Å². The van der Waals surface area contributed by atoms with Crippen LogP contribution < -0.4 is 10.6 Å². The topological polar surface area (TPSA) is 71.8 Å². The summed E-state index contributed by atoms with van der Waals surface area (Å²) >= 11 is 0. The maximum absolute atomic E-state index is 12.0. The Hall–Kier alpha value is -1.92. The van der Waals surface area contributed by atoms with Crippen LogP contribution in [-0.4, -0.2) is 33.3 Å². The molecule has 0 bridgehead atoms. The molecule has 1 aliphatic heterocycles. The van der Waals surface area contributed by atoms with E-state index in [1.165, 1.54) is 5.56 Å². The van der Waals surface area contributed by atoms with Crippen LogP contribution in [0.15, 0.2) is 36.8 Å². The zero-order valence-electron chi connectivity index (χ0n) is 12.2. The third-order valence-electron chi connectivity index (χ3n) is 3.65. The molecule has 0 aliphatic carbocycles. The number of hydrogen-bond acceptors (Lipinski definition) is 4. The summed E-state index contributed by atoms with van der Waals surface area (Å²) < 4.78 is 1.85. The van der Waals surface area contributed by atoms with Crippen molar-refractivity contribution in [2.45, 2.75) is 31.8 Å². The quantitative estimate of drug-likeness (QED) is 0.878. The van der Waals surface area contributed by atoms with Gasteiger partial charge >= 0.3 is 0 Å². The van der Waals surface area contributed by atoms with Crippen LogP contribution in [0.3, 0.4) is 0 Å². The van der Waals surface area contributed by atoms with Gasteiger partial charge in [0, 0.05) is 31.2 Å². The van der Waals surface area contributed by atoms with Crippen LogP contribution in [0.5, 0.6) is 0 Å². The van der Waals surface area contributed by atoms with Crippen LogP contribution in [-0.2, 0) is 17.8 Å². The van der Waals surface area contributed by atoms with E-state index in [1.54, 1.807) is 12.4 Å². The first-order chi connectivity index (χ1) is 10.3. The van der Waals surface area contributed by atoms with Crippen LogP contribution in [0.1, 0.15) is 18.4 Å². The van der Waals surface area contributed by atoms with E-state index < -0.39 is 0 Å². The third-order valence-corrected chi connectivity index (χ3v) is 3.65. The fourth-order valence-corrected chi connectivity index (χ4v) is 2.47. The maximum atomic E-state index is 12.0.